The summed E-state index contributed by atoms with van der Waals surface area (Å²) in [7, 11) is -2.39. The summed E-state index contributed by atoms with van der Waals surface area (Å²) in [4.78, 5) is 0. The Labute approximate surface area is 47.8 Å². The second-order valence-corrected chi connectivity index (χ2v) is 2.39. The maximum absolute atomic E-state index is 9.77. The van der Waals surface area contributed by atoms with E-state index in [9.17, 15) is 4.46 Å². The first-order chi connectivity index (χ1) is 2.81. The van der Waals surface area contributed by atoms with Gasteiger partial charge in [-0.1, -0.05) is 0 Å². The molecule has 0 spiro atoms. The van der Waals surface area contributed by atoms with Crippen LogP contribution in [0.5, 0.6) is 0 Å². The molecule has 0 heterocycles. The van der Waals surface area contributed by atoms with E-state index in [0.29, 0.717) is 0 Å². The van der Waals surface area contributed by atoms with Crippen molar-refractivity contribution in [2.24, 2.45) is 0 Å². The molecule has 0 atom stereocenters. The van der Waals surface area contributed by atoms with Crippen molar-refractivity contribution < 1.29 is 12.2 Å². The molecular weight excluding hydrogens is 140 g/mol. The zero-order chi connectivity index (χ0) is 4.99. The van der Waals surface area contributed by atoms with Crippen molar-refractivity contribution in [1.29, 1.82) is 0 Å². The first-order valence-electron chi connectivity index (χ1n) is 0.978. The Morgan fingerprint density at radius 1 is 1.33 bits per heavy atom. The lowest BCUT2D eigenvalue weighted by Gasteiger charge is -1.83. The van der Waals surface area contributed by atoms with Crippen molar-refractivity contribution in [3.63, 3.8) is 0 Å². The standard InChI is InChI=1S/H2O3S2Si/c1-6(2-4)3-5/h4-5H. The van der Waals surface area contributed by atoms with Gasteiger partial charge in [-0.15, -0.1) is 0 Å². The minimum absolute atomic E-state index is 2.39. The van der Waals surface area contributed by atoms with Crippen LogP contribution in [0.3, 0.4) is 0 Å². The van der Waals surface area contributed by atoms with Crippen LogP contribution in [0, 0.1) is 0 Å². The van der Waals surface area contributed by atoms with E-state index in [1.54, 1.807) is 0 Å². The number of hydrogen-bond acceptors (Lipinski definition) is 5. The maximum atomic E-state index is 9.77. The molecule has 0 saturated carbocycles. The molecule has 0 bridgehead atoms. The van der Waals surface area contributed by atoms with Crippen LogP contribution in [0.15, 0.2) is 0 Å². The van der Waals surface area contributed by atoms with Gasteiger partial charge in [0.1, 0.15) is 0 Å². The van der Waals surface area contributed by atoms with Crippen molar-refractivity contribution in [3.8, 4) is 0 Å². The highest BCUT2D eigenvalue weighted by Gasteiger charge is 2.03. The molecule has 6 heavy (non-hydrogen) atoms. The molecule has 6 heteroatoms. The van der Waals surface area contributed by atoms with E-state index in [4.69, 9.17) is 0 Å². The van der Waals surface area contributed by atoms with Gasteiger partial charge < -0.3 is 7.74 Å². The Morgan fingerprint density at radius 3 is 1.67 bits per heavy atom. The van der Waals surface area contributed by atoms with Crippen LogP contribution in [-0.4, -0.2) is 9.17 Å². The van der Waals surface area contributed by atoms with E-state index in [-0.39, 0.29) is 0 Å². The zero-order valence-corrected chi connectivity index (χ0v) is 5.41. The topological polar surface area (TPSA) is 35.5 Å². The van der Waals surface area contributed by atoms with Crippen LogP contribution < -0.4 is 0 Å². The van der Waals surface area contributed by atoms with Crippen LogP contribution in [0.25, 0.3) is 0 Å². The van der Waals surface area contributed by atoms with Crippen LogP contribution in [0.4, 0.5) is 0 Å². The number of rotatable bonds is 2. The quantitative estimate of drug-likeness (QED) is 0.327. The van der Waals surface area contributed by atoms with Crippen molar-refractivity contribution in [2.45, 2.75) is 0 Å². The fraction of sp³-hybridized carbons (Fsp3) is 0. The molecule has 0 fully saturated rings. The highest BCUT2D eigenvalue weighted by molar-refractivity contribution is 7.77. The average molecular weight is 142 g/mol. The van der Waals surface area contributed by atoms with E-state index in [2.05, 4.69) is 33.6 Å². The van der Waals surface area contributed by atoms with Gasteiger partial charge in [0.25, 0.3) is 0 Å². The summed E-state index contributed by atoms with van der Waals surface area (Å²) < 4.78 is 17.5. The molecule has 0 aromatic rings. The lowest BCUT2D eigenvalue weighted by Crippen LogP contribution is -1.97. The molecule has 0 aromatic heterocycles. The SMILES string of the molecule is O=[Si](OS)OS. The van der Waals surface area contributed by atoms with Gasteiger partial charge in [0.15, 0.2) is 0 Å². The molecule has 36 valence electrons. The highest BCUT2D eigenvalue weighted by Crippen LogP contribution is 1.82. The lowest BCUT2D eigenvalue weighted by molar-refractivity contribution is 0.398. The van der Waals surface area contributed by atoms with E-state index in [0.717, 1.165) is 0 Å². The summed E-state index contributed by atoms with van der Waals surface area (Å²) in [6, 6.07) is 0. The molecule has 0 aliphatic carbocycles. The van der Waals surface area contributed by atoms with Gasteiger partial charge in [0, 0.05) is 25.8 Å². The Morgan fingerprint density at radius 2 is 1.67 bits per heavy atom. The van der Waals surface area contributed by atoms with Gasteiger partial charge in [0.2, 0.25) is 0 Å². The van der Waals surface area contributed by atoms with Crippen LogP contribution in [0.1, 0.15) is 0 Å². The molecular formula is H2O3S2Si. The molecule has 3 nitrogen and oxygen atoms in total. The van der Waals surface area contributed by atoms with Gasteiger partial charge >= 0.3 is 9.17 Å². The largest absolute Gasteiger partial charge is 0.793 e. The third kappa shape index (κ3) is 2.55. The van der Waals surface area contributed by atoms with Crippen molar-refractivity contribution >= 4 is 35.0 Å². The third-order valence-electron chi connectivity index (χ3n) is 0.149. The molecule has 0 rings (SSSR count). The molecule has 0 radical (unpaired) electrons. The molecule has 0 unspecified atom stereocenters. The minimum Gasteiger partial charge on any atom is -0.426 e. The smallest absolute Gasteiger partial charge is 0.426 e. The van der Waals surface area contributed by atoms with E-state index in [1.165, 1.54) is 0 Å². The van der Waals surface area contributed by atoms with Crippen LogP contribution in [-0.2, 0) is 12.2 Å². The second kappa shape index (κ2) is 3.50. The normalized spacial score (nSPS) is 7.00. The third-order valence-corrected chi connectivity index (χ3v) is 1.34. The molecule has 0 aromatic carbocycles. The van der Waals surface area contributed by atoms with E-state index < -0.39 is 9.17 Å². The van der Waals surface area contributed by atoms with Crippen LogP contribution >= 0.6 is 25.8 Å². The predicted octanol–water partition coefficient (Wildman–Crippen LogP) is 0.125. The lowest BCUT2D eigenvalue weighted by atomic mass is 15.7. The van der Waals surface area contributed by atoms with Gasteiger partial charge in [-0.05, 0) is 0 Å². The number of thiol groups is 2. The monoisotopic (exact) mass is 142 g/mol. The van der Waals surface area contributed by atoms with Gasteiger partial charge in [0.05, 0.1) is 0 Å². The Hall–Kier alpha value is 0.317. The van der Waals surface area contributed by atoms with Gasteiger partial charge in [-0.25, -0.2) is 0 Å². The Bertz CT molecular complexity index is 46.8. The first-order valence-corrected chi connectivity index (χ1v) is 2.93. The number of hydrogen-bond donors (Lipinski definition) is 2. The molecule has 0 saturated heterocycles. The molecule has 0 aliphatic rings. The van der Waals surface area contributed by atoms with E-state index >= 15 is 0 Å². The zero-order valence-electron chi connectivity index (χ0n) is 2.62. The van der Waals surface area contributed by atoms with Crippen molar-refractivity contribution in [3.05, 3.63) is 0 Å². The fourth-order valence-corrected chi connectivity index (χ4v) is 0.450. The van der Waals surface area contributed by atoms with Crippen molar-refractivity contribution in [2.75, 3.05) is 0 Å². The van der Waals surface area contributed by atoms with Crippen molar-refractivity contribution in [1.82, 2.24) is 0 Å². The maximum Gasteiger partial charge on any atom is 0.793 e. The summed E-state index contributed by atoms with van der Waals surface area (Å²) in [5.74, 6) is 0. The Balaban J connectivity index is 2.99. The summed E-state index contributed by atoms with van der Waals surface area (Å²) in [5, 5.41) is 0. The van der Waals surface area contributed by atoms with E-state index in [1.807, 2.05) is 0 Å². The Kier molecular flexibility index (Phi) is 3.69. The molecule has 0 N–H and O–H groups in total. The van der Waals surface area contributed by atoms with Crippen LogP contribution in [0.2, 0.25) is 0 Å². The summed E-state index contributed by atoms with van der Waals surface area (Å²) >= 11 is 6.31. The highest BCUT2D eigenvalue weighted by atomic mass is 32.1. The van der Waals surface area contributed by atoms with Gasteiger partial charge in [-0.2, -0.15) is 0 Å². The average Bonchev–Trinajstić information content (AvgIpc) is 1.65. The second-order valence-electron chi connectivity index (χ2n) is 0.433. The first kappa shape index (κ1) is 6.32. The van der Waals surface area contributed by atoms with Gasteiger partial charge in [-0.3, -0.25) is 4.46 Å². The summed E-state index contributed by atoms with van der Waals surface area (Å²) in [6.45, 7) is 0. The molecule has 0 aliphatic heterocycles. The fourth-order valence-electron chi connectivity index (χ4n) is 0.0167. The summed E-state index contributed by atoms with van der Waals surface area (Å²) in [5.41, 5.74) is 0. The summed E-state index contributed by atoms with van der Waals surface area (Å²) in [6.07, 6.45) is 0. The molecule has 0 amide bonds. The predicted molar refractivity (Wildman–Crippen MR) is 26.6 cm³/mol. The minimum atomic E-state index is -2.39.